The lowest BCUT2D eigenvalue weighted by molar-refractivity contribution is 0.0952. The summed E-state index contributed by atoms with van der Waals surface area (Å²) in [4.78, 5) is 24.5. The van der Waals surface area contributed by atoms with E-state index in [1.807, 2.05) is 66.7 Å². The molecule has 4 aromatic rings. The van der Waals surface area contributed by atoms with E-state index in [2.05, 4.69) is 10.4 Å². The Balaban J connectivity index is 1.44. The van der Waals surface area contributed by atoms with Crippen LogP contribution in [-0.2, 0) is 6.54 Å². The molecule has 0 saturated carbocycles. The molecule has 28 heavy (non-hydrogen) atoms. The fourth-order valence-electron chi connectivity index (χ4n) is 3.08. The van der Waals surface area contributed by atoms with Crippen LogP contribution < -0.4 is 10.9 Å². The van der Waals surface area contributed by atoms with Crippen molar-refractivity contribution in [2.75, 3.05) is 6.54 Å². The van der Waals surface area contributed by atoms with Gasteiger partial charge in [0.2, 0.25) is 0 Å². The smallest absolute Gasteiger partial charge is 0.266 e. The first-order chi connectivity index (χ1) is 13.7. The van der Waals surface area contributed by atoms with Gasteiger partial charge in [0.1, 0.15) is 0 Å². The van der Waals surface area contributed by atoms with Crippen LogP contribution in [0.15, 0.2) is 89.7 Å². The molecular formula is C23H19N3O2. The molecular weight excluding hydrogens is 350 g/mol. The van der Waals surface area contributed by atoms with Gasteiger partial charge in [0.05, 0.1) is 12.2 Å². The Bertz CT molecular complexity index is 1180. The van der Waals surface area contributed by atoms with Crippen molar-refractivity contribution in [3.63, 3.8) is 0 Å². The van der Waals surface area contributed by atoms with Crippen LogP contribution in [0.25, 0.3) is 22.0 Å². The molecule has 0 aliphatic rings. The Morgan fingerprint density at radius 1 is 0.857 bits per heavy atom. The van der Waals surface area contributed by atoms with Gasteiger partial charge in [-0.05, 0) is 29.0 Å². The molecule has 0 radical (unpaired) electrons. The molecule has 0 spiro atoms. The van der Waals surface area contributed by atoms with E-state index in [9.17, 15) is 9.59 Å². The Morgan fingerprint density at radius 2 is 1.61 bits per heavy atom. The van der Waals surface area contributed by atoms with Crippen LogP contribution in [0.2, 0.25) is 0 Å². The molecule has 1 heterocycles. The molecule has 4 rings (SSSR count). The largest absolute Gasteiger partial charge is 0.350 e. The lowest BCUT2D eigenvalue weighted by atomic mass is 10.1. The number of nitrogens with one attached hydrogen (secondary N) is 1. The fraction of sp³-hybridized carbons (Fsp3) is 0.0870. The summed E-state index contributed by atoms with van der Waals surface area (Å²) < 4.78 is 1.38. The van der Waals surface area contributed by atoms with Gasteiger partial charge < -0.3 is 5.32 Å². The Kier molecular flexibility index (Phi) is 4.97. The molecule has 5 nitrogen and oxygen atoms in total. The summed E-state index contributed by atoms with van der Waals surface area (Å²) in [5.41, 5.74) is 2.06. The van der Waals surface area contributed by atoms with E-state index >= 15 is 0 Å². The number of carbonyl (C=O) groups excluding carboxylic acids is 1. The number of aromatic nitrogens is 2. The minimum Gasteiger partial charge on any atom is -0.350 e. The summed E-state index contributed by atoms with van der Waals surface area (Å²) >= 11 is 0. The molecule has 3 aromatic carbocycles. The second-order valence-corrected chi connectivity index (χ2v) is 6.46. The standard InChI is InChI=1S/C23H19N3O2/c27-22-13-12-21(18-7-2-1-3-8-18)25-26(22)15-14-24-23(28)20-11-10-17-6-4-5-9-19(17)16-20/h1-13,16H,14-15H2,(H,24,28). The van der Waals surface area contributed by atoms with Crippen molar-refractivity contribution in [1.82, 2.24) is 15.1 Å². The number of rotatable bonds is 5. The fourth-order valence-corrected chi connectivity index (χ4v) is 3.08. The summed E-state index contributed by atoms with van der Waals surface area (Å²) in [6.07, 6.45) is 0. The number of benzene rings is 3. The number of amides is 1. The van der Waals surface area contributed by atoms with Crippen LogP contribution in [0.3, 0.4) is 0 Å². The van der Waals surface area contributed by atoms with Gasteiger partial charge in [0, 0.05) is 23.7 Å². The van der Waals surface area contributed by atoms with Crippen LogP contribution in [0.1, 0.15) is 10.4 Å². The maximum Gasteiger partial charge on any atom is 0.266 e. The van der Waals surface area contributed by atoms with Gasteiger partial charge in [-0.2, -0.15) is 5.10 Å². The highest BCUT2D eigenvalue weighted by Crippen LogP contribution is 2.16. The third-order valence-electron chi connectivity index (χ3n) is 4.56. The maximum atomic E-state index is 12.4. The maximum absolute atomic E-state index is 12.4. The van der Waals surface area contributed by atoms with Gasteiger partial charge in [-0.25, -0.2) is 4.68 Å². The van der Waals surface area contributed by atoms with Crippen molar-refractivity contribution in [2.24, 2.45) is 0 Å². The van der Waals surface area contributed by atoms with E-state index < -0.39 is 0 Å². The normalized spacial score (nSPS) is 10.7. The van der Waals surface area contributed by atoms with Crippen LogP contribution in [0.5, 0.6) is 0 Å². The highest BCUT2D eigenvalue weighted by atomic mass is 16.1. The van der Waals surface area contributed by atoms with E-state index in [0.717, 1.165) is 22.0 Å². The lowest BCUT2D eigenvalue weighted by Gasteiger charge is -2.09. The van der Waals surface area contributed by atoms with E-state index in [0.29, 0.717) is 18.7 Å². The first-order valence-corrected chi connectivity index (χ1v) is 9.11. The third-order valence-corrected chi connectivity index (χ3v) is 4.56. The number of hydrogen-bond acceptors (Lipinski definition) is 3. The topological polar surface area (TPSA) is 64.0 Å². The molecule has 0 saturated heterocycles. The van der Waals surface area contributed by atoms with Gasteiger partial charge in [-0.1, -0.05) is 60.7 Å². The van der Waals surface area contributed by atoms with Crippen molar-refractivity contribution < 1.29 is 4.79 Å². The molecule has 138 valence electrons. The summed E-state index contributed by atoms with van der Waals surface area (Å²) in [6, 6.07) is 26.4. The predicted octanol–water partition coefficient (Wildman–Crippen LogP) is 3.49. The van der Waals surface area contributed by atoms with Crippen molar-refractivity contribution in [2.45, 2.75) is 6.54 Å². The molecule has 1 amide bonds. The summed E-state index contributed by atoms with van der Waals surface area (Å²) in [7, 11) is 0. The third kappa shape index (κ3) is 3.83. The summed E-state index contributed by atoms with van der Waals surface area (Å²) in [6.45, 7) is 0.621. The van der Waals surface area contributed by atoms with Crippen LogP contribution in [0, 0.1) is 0 Å². The summed E-state index contributed by atoms with van der Waals surface area (Å²) in [5, 5.41) is 9.37. The first kappa shape index (κ1) is 17.7. The zero-order chi connectivity index (χ0) is 19.3. The van der Waals surface area contributed by atoms with Gasteiger partial charge in [-0.3, -0.25) is 9.59 Å². The van der Waals surface area contributed by atoms with Crippen molar-refractivity contribution in [1.29, 1.82) is 0 Å². The van der Waals surface area contributed by atoms with Crippen LogP contribution in [0.4, 0.5) is 0 Å². The minimum absolute atomic E-state index is 0.169. The molecule has 0 aliphatic carbocycles. The lowest BCUT2D eigenvalue weighted by Crippen LogP contribution is -2.31. The number of fused-ring (bicyclic) bond motifs is 1. The molecule has 1 N–H and O–H groups in total. The summed E-state index contributed by atoms with van der Waals surface area (Å²) in [5.74, 6) is -0.169. The highest BCUT2D eigenvalue weighted by molar-refractivity contribution is 5.98. The van der Waals surface area contributed by atoms with Gasteiger partial charge in [0.15, 0.2) is 0 Å². The zero-order valence-corrected chi connectivity index (χ0v) is 15.2. The quantitative estimate of drug-likeness (QED) is 0.586. The van der Waals surface area contributed by atoms with Crippen LogP contribution in [-0.4, -0.2) is 22.2 Å². The van der Waals surface area contributed by atoms with E-state index in [1.54, 1.807) is 12.1 Å². The molecule has 5 heteroatoms. The van der Waals surface area contributed by atoms with Crippen LogP contribution >= 0.6 is 0 Å². The highest BCUT2D eigenvalue weighted by Gasteiger charge is 2.07. The predicted molar refractivity (Wildman–Crippen MR) is 110 cm³/mol. The van der Waals surface area contributed by atoms with Crippen molar-refractivity contribution >= 4 is 16.7 Å². The van der Waals surface area contributed by atoms with Crippen molar-refractivity contribution in [3.8, 4) is 11.3 Å². The number of nitrogens with zero attached hydrogens (tertiary/aromatic N) is 2. The monoisotopic (exact) mass is 369 g/mol. The molecule has 0 aliphatic heterocycles. The molecule has 0 unspecified atom stereocenters. The van der Waals surface area contributed by atoms with Gasteiger partial charge >= 0.3 is 0 Å². The van der Waals surface area contributed by atoms with Gasteiger partial charge in [-0.15, -0.1) is 0 Å². The average molecular weight is 369 g/mol. The Hall–Kier alpha value is -3.73. The van der Waals surface area contributed by atoms with Gasteiger partial charge in [0.25, 0.3) is 11.5 Å². The Labute approximate surface area is 162 Å². The van der Waals surface area contributed by atoms with Crippen molar-refractivity contribution in [3.05, 3.63) is 101 Å². The average Bonchev–Trinajstić information content (AvgIpc) is 2.75. The zero-order valence-electron chi connectivity index (χ0n) is 15.2. The second-order valence-electron chi connectivity index (χ2n) is 6.46. The Morgan fingerprint density at radius 3 is 2.43 bits per heavy atom. The molecule has 0 bridgehead atoms. The molecule has 0 fully saturated rings. The number of hydrogen-bond donors (Lipinski definition) is 1. The van der Waals surface area contributed by atoms with E-state index in [1.165, 1.54) is 10.7 Å². The number of carbonyl (C=O) groups is 1. The van der Waals surface area contributed by atoms with E-state index in [4.69, 9.17) is 0 Å². The van der Waals surface area contributed by atoms with E-state index in [-0.39, 0.29) is 11.5 Å². The minimum atomic E-state index is -0.195. The first-order valence-electron chi connectivity index (χ1n) is 9.11. The molecule has 0 atom stereocenters. The molecule has 1 aromatic heterocycles. The SMILES string of the molecule is O=C(NCCn1nc(-c2ccccc2)ccc1=O)c1ccc2ccccc2c1. The second kappa shape index (κ2) is 7.88.